The van der Waals surface area contributed by atoms with E-state index in [0.29, 0.717) is 17.8 Å². The standard InChI is InChI=1S/C22H26N2O5S/c1-13(20(27)24-15-7-10-18(25)17(11-15)21(28)29)30-16-8-5-14(6-9-16)23-19(26)12-22(2,3)4/h5-11,13,25H,12H2,1-4H3,(H,23,26)(H,24,27)(H,28,29). The lowest BCUT2D eigenvalue weighted by Crippen LogP contribution is -2.22. The predicted octanol–water partition coefficient (Wildman–Crippen LogP) is 4.58. The zero-order chi connectivity index (χ0) is 22.5. The number of carboxylic acids is 1. The number of carboxylic acid groups (broad SMARTS) is 1. The summed E-state index contributed by atoms with van der Waals surface area (Å²) in [5, 5.41) is 23.7. The van der Waals surface area contributed by atoms with E-state index in [-0.39, 0.29) is 28.5 Å². The molecule has 7 nitrogen and oxygen atoms in total. The number of phenols is 1. The van der Waals surface area contributed by atoms with E-state index in [4.69, 9.17) is 5.11 Å². The van der Waals surface area contributed by atoms with Crippen molar-refractivity contribution in [2.45, 2.75) is 44.3 Å². The molecule has 0 heterocycles. The predicted molar refractivity (Wildman–Crippen MR) is 118 cm³/mol. The maximum atomic E-state index is 12.4. The Kier molecular flexibility index (Phi) is 7.50. The molecule has 0 aliphatic carbocycles. The van der Waals surface area contributed by atoms with E-state index in [1.54, 1.807) is 19.1 Å². The maximum absolute atomic E-state index is 12.4. The van der Waals surface area contributed by atoms with Crippen molar-refractivity contribution in [3.05, 3.63) is 48.0 Å². The average molecular weight is 431 g/mol. The molecule has 30 heavy (non-hydrogen) atoms. The topological polar surface area (TPSA) is 116 Å². The first-order chi connectivity index (χ1) is 13.9. The lowest BCUT2D eigenvalue weighted by molar-refractivity contribution is -0.118. The summed E-state index contributed by atoms with van der Waals surface area (Å²) in [5.41, 5.74) is 0.610. The van der Waals surface area contributed by atoms with E-state index in [1.807, 2.05) is 32.9 Å². The largest absolute Gasteiger partial charge is 0.507 e. The van der Waals surface area contributed by atoms with Gasteiger partial charge in [-0.15, -0.1) is 11.8 Å². The second kappa shape index (κ2) is 9.67. The third-order valence-electron chi connectivity index (χ3n) is 4.01. The normalized spacial score (nSPS) is 12.1. The van der Waals surface area contributed by atoms with Gasteiger partial charge in [-0.3, -0.25) is 9.59 Å². The second-order valence-electron chi connectivity index (χ2n) is 8.10. The van der Waals surface area contributed by atoms with Crippen LogP contribution in [0.1, 0.15) is 44.5 Å². The number of nitrogens with one attached hydrogen (secondary N) is 2. The Morgan fingerprint density at radius 1 is 1.00 bits per heavy atom. The molecule has 1 atom stereocenters. The molecule has 0 saturated carbocycles. The van der Waals surface area contributed by atoms with E-state index < -0.39 is 11.2 Å². The average Bonchev–Trinajstić information content (AvgIpc) is 2.63. The molecule has 0 radical (unpaired) electrons. The van der Waals surface area contributed by atoms with Crippen LogP contribution in [0.25, 0.3) is 0 Å². The molecular formula is C22H26N2O5S. The molecule has 160 valence electrons. The Labute approximate surface area is 179 Å². The SMILES string of the molecule is CC(Sc1ccc(NC(=O)CC(C)(C)C)cc1)C(=O)Nc1ccc(O)c(C(=O)O)c1. The Balaban J connectivity index is 1.95. The minimum absolute atomic E-state index is 0.0507. The molecule has 2 amide bonds. The van der Waals surface area contributed by atoms with Crippen LogP contribution >= 0.6 is 11.8 Å². The molecule has 2 aromatic carbocycles. The van der Waals surface area contributed by atoms with Gasteiger partial charge in [-0.2, -0.15) is 0 Å². The van der Waals surface area contributed by atoms with Gasteiger partial charge in [0, 0.05) is 22.7 Å². The van der Waals surface area contributed by atoms with Crippen molar-refractivity contribution in [1.29, 1.82) is 0 Å². The molecule has 8 heteroatoms. The van der Waals surface area contributed by atoms with Crippen molar-refractivity contribution in [1.82, 2.24) is 0 Å². The van der Waals surface area contributed by atoms with Gasteiger partial charge in [-0.1, -0.05) is 20.8 Å². The highest BCUT2D eigenvalue weighted by Crippen LogP contribution is 2.27. The molecule has 0 saturated heterocycles. The van der Waals surface area contributed by atoms with Crippen molar-refractivity contribution < 1.29 is 24.6 Å². The fraction of sp³-hybridized carbons (Fsp3) is 0.318. The van der Waals surface area contributed by atoms with Crippen LogP contribution in [0.2, 0.25) is 0 Å². The molecular weight excluding hydrogens is 404 g/mol. The number of anilines is 2. The van der Waals surface area contributed by atoms with Gasteiger partial charge in [-0.25, -0.2) is 4.79 Å². The highest BCUT2D eigenvalue weighted by atomic mass is 32.2. The number of aromatic carboxylic acids is 1. The Morgan fingerprint density at radius 3 is 2.17 bits per heavy atom. The summed E-state index contributed by atoms with van der Waals surface area (Å²) in [4.78, 5) is 36.4. The van der Waals surface area contributed by atoms with Gasteiger partial charge in [-0.05, 0) is 54.8 Å². The summed E-state index contributed by atoms with van der Waals surface area (Å²) in [6.45, 7) is 7.73. The number of benzene rings is 2. The van der Waals surface area contributed by atoms with Gasteiger partial charge in [0.25, 0.3) is 0 Å². The van der Waals surface area contributed by atoms with Crippen LogP contribution in [0, 0.1) is 5.41 Å². The van der Waals surface area contributed by atoms with E-state index >= 15 is 0 Å². The Morgan fingerprint density at radius 2 is 1.60 bits per heavy atom. The lowest BCUT2D eigenvalue weighted by atomic mass is 9.92. The second-order valence-corrected chi connectivity index (χ2v) is 9.51. The smallest absolute Gasteiger partial charge is 0.339 e. The third kappa shape index (κ3) is 7.11. The summed E-state index contributed by atoms with van der Waals surface area (Å²) in [6.07, 6.45) is 0.418. The number of rotatable bonds is 7. The monoisotopic (exact) mass is 430 g/mol. The van der Waals surface area contributed by atoms with Crippen molar-refractivity contribution in [3.8, 4) is 5.75 Å². The van der Waals surface area contributed by atoms with Crippen LogP contribution in [-0.4, -0.2) is 33.2 Å². The maximum Gasteiger partial charge on any atom is 0.339 e. The molecule has 0 bridgehead atoms. The Bertz CT molecular complexity index is 936. The van der Waals surface area contributed by atoms with E-state index in [0.717, 1.165) is 4.90 Å². The van der Waals surface area contributed by atoms with E-state index in [2.05, 4.69) is 10.6 Å². The van der Waals surface area contributed by atoms with Gasteiger partial charge in [0.2, 0.25) is 11.8 Å². The third-order valence-corrected chi connectivity index (χ3v) is 5.12. The quantitative estimate of drug-likeness (QED) is 0.377. The number of carbonyl (C=O) groups excluding carboxylic acids is 2. The fourth-order valence-electron chi connectivity index (χ4n) is 2.59. The number of hydrogen-bond donors (Lipinski definition) is 4. The summed E-state index contributed by atoms with van der Waals surface area (Å²) in [7, 11) is 0. The van der Waals surface area contributed by atoms with Gasteiger partial charge in [0.05, 0.1) is 5.25 Å². The Hall–Kier alpha value is -3.00. The minimum Gasteiger partial charge on any atom is -0.507 e. The number of thioether (sulfide) groups is 1. The molecule has 0 aromatic heterocycles. The highest BCUT2D eigenvalue weighted by Gasteiger charge is 2.18. The van der Waals surface area contributed by atoms with Crippen LogP contribution in [0.5, 0.6) is 5.75 Å². The zero-order valence-corrected chi connectivity index (χ0v) is 18.2. The molecule has 0 fully saturated rings. The van der Waals surface area contributed by atoms with Gasteiger partial charge < -0.3 is 20.8 Å². The zero-order valence-electron chi connectivity index (χ0n) is 17.4. The van der Waals surface area contributed by atoms with Crippen LogP contribution < -0.4 is 10.6 Å². The number of aromatic hydroxyl groups is 1. The van der Waals surface area contributed by atoms with Gasteiger partial charge >= 0.3 is 5.97 Å². The number of carbonyl (C=O) groups is 3. The molecule has 4 N–H and O–H groups in total. The molecule has 1 unspecified atom stereocenters. The number of hydrogen-bond acceptors (Lipinski definition) is 5. The van der Waals surface area contributed by atoms with Crippen LogP contribution in [-0.2, 0) is 9.59 Å². The van der Waals surface area contributed by atoms with Gasteiger partial charge in [0.15, 0.2) is 0 Å². The van der Waals surface area contributed by atoms with E-state index in [9.17, 15) is 19.5 Å². The summed E-state index contributed by atoms with van der Waals surface area (Å²) in [6, 6.07) is 11.1. The van der Waals surface area contributed by atoms with Crippen LogP contribution in [0.3, 0.4) is 0 Å². The van der Waals surface area contributed by atoms with Crippen molar-refractivity contribution in [2.75, 3.05) is 10.6 Å². The fourth-order valence-corrected chi connectivity index (χ4v) is 3.46. The molecule has 2 aromatic rings. The lowest BCUT2D eigenvalue weighted by Gasteiger charge is -2.17. The van der Waals surface area contributed by atoms with Crippen molar-refractivity contribution in [2.24, 2.45) is 5.41 Å². The van der Waals surface area contributed by atoms with E-state index in [1.165, 1.54) is 30.0 Å². The molecule has 0 aliphatic heterocycles. The molecule has 2 rings (SSSR count). The van der Waals surface area contributed by atoms with Crippen LogP contribution in [0.15, 0.2) is 47.4 Å². The van der Waals surface area contributed by atoms with Crippen LogP contribution in [0.4, 0.5) is 11.4 Å². The first kappa shape index (κ1) is 23.3. The summed E-state index contributed by atoms with van der Waals surface area (Å²) >= 11 is 1.33. The minimum atomic E-state index is -1.28. The van der Waals surface area contributed by atoms with Crippen molar-refractivity contribution in [3.63, 3.8) is 0 Å². The molecule has 0 aliphatic rings. The van der Waals surface area contributed by atoms with Gasteiger partial charge in [0.1, 0.15) is 11.3 Å². The molecule has 0 spiro atoms. The first-order valence-corrected chi connectivity index (χ1v) is 10.3. The number of amides is 2. The first-order valence-electron chi connectivity index (χ1n) is 9.38. The highest BCUT2D eigenvalue weighted by molar-refractivity contribution is 8.00. The summed E-state index contributed by atoms with van der Waals surface area (Å²) in [5.74, 6) is -1.99. The summed E-state index contributed by atoms with van der Waals surface area (Å²) < 4.78 is 0. The van der Waals surface area contributed by atoms with Crippen molar-refractivity contribution >= 4 is 40.9 Å².